The molecular formula is C13H18ClN3O. The predicted molar refractivity (Wildman–Crippen MR) is 73.8 cm³/mol. The Morgan fingerprint density at radius 1 is 1.61 bits per heavy atom. The van der Waals surface area contributed by atoms with Crippen LogP contribution in [0.1, 0.15) is 18.4 Å². The maximum atomic E-state index is 11.9. The molecule has 5 heteroatoms. The standard InChI is InChI=1S/C13H18ClN3O/c1-16-13(18)12-3-2-6-17(12)11-5-4-10(14)7-9(11)8-15/h4-5,7,12H,2-3,6,8,15H2,1H3,(H,16,18). The van der Waals surface area contributed by atoms with E-state index >= 15 is 0 Å². The van der Waals surface area contributed by atoms with E-state index in [-0.39, 0.29) is 11.9 Å². The van der Waals surface area contributed by atoms with Crippen molar-refractivity contribution in [2.45, 2.75) is 25.4 Å². The van der Waals surface area contributed by atoms with Gasteiger partial charge in [0.2, 0.25) is 5.91 Å². The Morgan fingerprint density at radius 2 is 2.39 bits per heavy atom. The molecule has 1 saturated heterocycles. The van der Waals surface area contributed by atoms with E-state index in [0.29, 0.717) is 11.6 Å². The third kappa shape index (κ3) is 2.44. The minimum atomic E-state index is -0.0959. The van der Waals surface area contributed by atoms with Gasteiger partial charge < -0.3 is 16.0 Å². The maximum absolute atomic E-state index is 11.9. The van der Waals surface area contributed by atoms with Gasteiger partial charge in [0.15, 0.2) is 0 Å². The van der Waals surface area contributed by atoms with Crippen LogP contribution < -0.4 is 16.0 Å². The molecular weight excluding hydrogens is 250 g/mol. The number of hydrogen-bond acceptors (Lipinski definition) is 3. The number of hydrogen-bond donors (Lipinski definition) is 2. The van der Waals surface area contributed by atoms with E-state index in [1.165, 1.54) is 0 Å². The number of carbonyl (C=O) groups excluding carboxylic acids is 1. The molecule has 0 aromatic heterocycles. The van der Waals surface area contributed by atoms with Gasteiger partial charge in [0.1, 0.15) is 6.04 Å². The second kappa shape index (κ2) is 5.59. The van der Waals surface area contributed by atoms with Gasteiger partial charge in [-0.2, -0.15) is 0 Å². The quantitative estimate of drug-likeness (QED) is 0.873. The molecule has 2 rings (SSSR count). The maximum Gasteiger partial charge on any atom is 0.242 e. The molecule has 1 fully saturated rings. The highest BCUT2D eigenvalue weighted by atomic mass is 35.5. The van der Waals surface area contributed by atoms with Crippen LogP contribution in [0, 0.1) is 0 Å². The lowest BCUT2D eigenvalue weighted by molar-refractivity contribution is -0.121. The first-order chi connectivity index (χ1) is 8.67. The zero-order chi connectivity index (χ0) is 13.1. The third-order valence-electron chi connectivity index (χ3n) is 3.37. The molecule has 1 aliphatic heterocycles. The van der Waals surface area contributed by atoms with Gasteiger partial charge >= 0.3 is 0 Å². The molecule has 1 amide bonds. The number of halogens is 1. The van der Waals surface area contributed by atoms with Crippen LogP contribution in [-0.2, 0) is 11.3 Å². The van der Waals surface area contributed by atoms with Crippen LogP contribution in [0.5, 0.6) is 0 Å². The lowest BCUT2D eigenvalue weighted by atomic mass is 10.1. The van der Waals surface area contributed by atoms with Gasteiger partial charge in [0.05, 0.1) is 0 Å². The summed E-state index contributed by atoms with van der Waals surface area (Å²) >= 11 is 5.98. The van der Waals surface area contributed by atoms with Crippen molar-refractivity contribution in [3.05, 3.63) is 28.8 Å². The minimum Gasteiger partial charge on any atom is -0.359 e. The van der Waals surface area contributed by atoms with E-state index < -0.39 is 0 Å². The summed E-state index contributed by atoms with van der Waals surface area (Å²) in [4.78, 5) is 14.0. The highest BCUT2D eigenvalue weighted by molar-refractivity contribution is 6.30. The smallest absolute Gasteiger partial charge is 0.242 e. The molecule has 4 nitrogen and oxygen atoms in total. The Labute approximate surface area is 112 Å². The Balaban J connectivity index is 2.32. The van der Waals surface area contributed by atoms with E-state index in [4.69, 9.17) is 17.3 Å². The van der Waals surface area contributed by atoms with Crippen LogP contribution in [0.3, 0.4) is 0 Å². The molecule has 18 heavy (non-hydrogen) atoms. The molecule has 1 aliphatic rings. The van der Waals surface area contributed by atoms with Crippen molar-refractivity contribution in [3.8, 4) is 0 Å². The molecule has 1 heterocycles. The Morgan fingerprint density at radius 3 is 3.06 bits per heavy atom. The Kier molecular flexibility index (Phi) is 4.09. The molecule has 3 N–H and O–H groups in total. The number of anilines is 1. The second-order valence-corrected chi connectivity index (χ2v) is 4.88. The van der Waals surface area contributed by atoms with Crippen molar-refractivity contribution < 1.29 is 4.79 Å². The fourth-order valence-electron chi connectivity index (χ4n) is 2.49. The average Bonchev–Trinajstić information content (AvgIpc) is 2.86. The molecule has 1 unspecified atom stereocenters. The van der Waals surface area contributed by atoms with E-state index in [9.17, 15) is 4.79 Å². The summed E-state index contributed by atoms with van der Waals surface area (Å²) < 4.78 is 0. The van der Waals surface area contributed by atoms with Gasteiger partial charge in [-0.3, -0.25) is 4.79 Å². The number of amides is 1. The van der Waals surface area contributed by atoms with Gasteiger partial charge in [-0.25, -0.2) is 0 Å². The molecule has 0 saturated carbocycles. The van der Waals surface area contributed by atoms with Crippen LogP contribution in [0.15, 0.2) is 18.2 Å². The van der Waals surface area contributed by atoms with Crippen LogP contribution in [0.2, 0.25) is 5.02 Å². The van der Waals surface area contributed by atoms with Crippen molar-refractivity contribution in [3.63, 3.8) is 0 Å². The summed E-state index contributed by atoms with van der Waals surface area (Å²) in [5, 5.41) is 3.39. The molecule has 1 aromatic rings. The largest absolute Gasteiger partial charge is 0.359 e. The summed E-state index contributed by atoms with van der Waals surface area (Å²) in [6.45, 7) is 1.31. The van der Waals surface area contributed by atoms with Crippen LogP contribution >= 0.6 is 11.6 Å². The number of likely N-dealkylation sites (N-methyl/N-ethyl adjacent to an activating group) is 1. The van der Waals surface area contributed by atoms with Crippen LogP contribution in [0.4, 0.5) is 5.69 Å². The summed E-state index contributed by atoms with van der Waals surface area (Å²) in [6, 6.07) is 5.57. The Hall–Kier alpha value is -1.26. The van der Waals surface area contributed by atoms with Gasteiger partial charge in [-0.15, -0.1) is 0 Å². The number of rotatable bonds is 3. The normalized spacial score (nSPS) is 19.1. The third-order valence-corrected chi connectivity index (χ3v) is 3.61. The topological polar surface area (TPSA) is 58.4 Å². The molecule has 0 radical (unpaired) electrons. The SMILES string of the molecule is CNC(=O)C1CCCN1c1ccc(Cl)cc1CN. The number of nitrogens with zero attached hydrogens (tertiary/aromatic N) is 1. The first-order valence-electron chi connectivity index (χ1n) is 6.14. The van der Waals surface area contributed by atoms with Crippen molar-refractivity contribution in [2.24, 2.45) is 5.73 Å². The first kappa shape index (κ1) is 13.2. The van der Waals surface area contributed by atoms with Crippen molar-refractivity contribution in [1.29, 1.82) is 0 Å². The van der Waals surface area contributed by atoms with E-state index in [0.717, 1.165) is 30.6 Å². The zero-order valence-corrected chi connectivity index (χ0v) is 11.2. The summed E-state index contributed by atoms with van der Waals surface area (Å²) in [6.07, 6.45) is 1.90. The van der Waals surface area contributed by atoms with Crippen molar-refractivity contribution in [1.82, 2.24) is 5.32 Å². The number of benzene rings is 1. The zero-order valence-electron chi connectivity index (χ0n) is 10.4. The number of nitrogens with one attached hydrogen (secondary N) is 1. The van der Waals surface area contributed by atoms with Gasteiger partial charge in [0.25, 0.3) is 0 Å². The lowest BCUT2D eigenvalue weighted by Gasteiger charge is -2.27. The highest BCUT2D eigenvalue weighted by Gasteiger charge is 2.31. The summed E-state index contributed by atoms with van der Waals surface area (Å²) in [7, 11) is 1.67. The Bertz CT molecular complexity index is 450. The van der Waals surface area contributed by atoms with E-state index in [1.54, 1.807) is 7.05 Å². The van der Waals surface area contributed by atoms with E-state index in [1.807, 2.05) is 18.2 Å². The first-order valence-corrected chi connectivity index (χ1v) is 6.52. The second-order valence-electron chi connectivity index (χ2n) is 4.44. The molecule has 1 atom stereocenters. The fourth-order valence-corrected chi connectivity index (χ4v) is 2.69. The average molecular weight is 268 g/mol. The minimum absolute atomic E-state index is 0.0606. The summed E-state index contributed by atoms with van der Waals surface area (Å²) in [5.41, 5.74) is 7.76. The predicted octanol–water partition coefficient (Wildman–Crippen LogP) is 1.51. The molecule has 98 valence electrons. The molecule has 0 spiro atoms. The summed E-state index contributed by atoms with van der Waals surface area (Å²) in [5.74, 6) is 0.0606. The van der Waals surface area contributed by atoms with Crippen molar-refractivity contribution >= 4 is 23.2 Å². The van der Waals surface area contributed by atoms with Gasteiger partial charge in [-0.05, 0) is 36.6 Å². The van der Waals surface area contributed by atoms with E-state index in [2.05, 4.69) is 10.2 Å². The van der Waals surface area contributed by atoms with Crippen molar-refractivity contribution in [2.75, 3.05) is 18.5 Å². The fraction of sp³-hybridized carbons (Fsp3) is 0.462. The number of nitrogens with two attached hydrogens (primary N) is 1. The van der Waals surface area contributed by atoms with Crippen LogP contribution in [0.25, 0.3) is 0 Å². The lowest BCUT2D eigenvalue weighted by Crippen LogP contribution is -2.42. The monoisotopic (exact) mass is 267 g/mol. The number of carbonyl (C=O) groups is 1. The molecule has 0 bridgehead atoms. The molecule has 0 aliphatic carbocycles. The van der Waals surface area contributed by atoms with Crippen LogP contribution in [-0.4, -0.2) is 25.5 Å². The van der Waals surface area contributed by atoms with Gasteiger partial charge in [0, 0.05) is 30.8 Å². The highest BCUT2D eigenvalue weighted by Crippen LogP contribution is 2.30. The van der Waals surface area contributed by atoms with Gasteiger partial charge in [-0.1, -0.05) is 11.6 Å². The molecule has 1 aromatic carbocycles.